The fourth-order valence-electron chi connectivity index (χ4n) is 1.30. The molecular formula is C12H14ClF2NO. The molecule has 2 nitrogen and oxygen atoms in total. The van der Waals surface area contributed by atoms with Gasteiger partial charge in [0.25, 0.3) is 5.91 Å². The lowest BCUT2D eigenvalue weighted by Gasteiger charge is -2.19. The van der Waals surface area contributed by atoms with Crippen molar-refractivity contribution in [1.82, 2.24) is 5.32 Å². The normalized spacial score (nSPS) is 12.6. The Labute approximate surface area is 104 Å². The fourth-order valence-corrected chi connectivity index (χ4v) is 1.74. The third-order valence-electron chi connectivity index (χ3n) is 2.46. The van der Waals surface area contributed by atoms with Crippen LogP contribution in [0.25, 0.3) is 0 Å². The summed E-state index contributed by atoms with van der Waals surface area (Å²) in [5.41, 5.74) is -0.179. The summed E-state index contributed by atoms with van der Waals surface area (Å²) in [7, 11) is 0. The van der Waals surface area contributed by atoms with Crippen LogP contribution in [0.5, 0.6) is 0 Å². The molecule has 1 rings (SSSR count). The zero-order chi connectivity index (χ0) is 13.0. The average molecular weight is 262 g/mol. The van der Waals surface area contributed by atoms with Gasteiger partial charge in [-0.25, -0.2) is 8.78 Å². The van der Waals surface area contributed by atoms with Crippen molar-refractivity contribution in [2.45, 2.75) is 19.9 Å². The van der Waals surface area contributed by atoms with Gasteiger partial charge in [0.05, 0.1) is 5.56 Å². The molecule has 0 aliphatic heterocycles. The van der Waals surface area contributed by atoms with E-state index >= 15 is 0 Å². The number of carbonyl (C=O) groups excluding carboxylic acids is 1. The highest BCUT2D eigenvalue weighted by atomic mass is 35.5. The number of nitrogens with one attached hydrogen (secondary N) is 1. The predicted molar refractivity (Wildman–Crippen MR) is 63.2 cm³/mol. The number of halogens is 3. The Kier molecular flexibility index (Phi) is 4.87. The van der Waals surface area contributed by atoms with Gasteiger partial charge in [0.1, 0.15) is 11.6 Å². The third-order valence-corrected chi connectivity index (χ3v) is 2.80. The van der Waals surface area contributed by atoms with Gasteiger partial charge in [-0.05, 0) is 18.1 Å². The van der Waals surface area contributed by atoms with Gasteiger partial charge >= 0.3 is 0 Å². The van der Waals surface area contributed by atoms with Crippen LogP contribution in [0.2, 0.25) is 0 Å². The van der Waals surface area contributed by atoms with Crippen LogP contribution in [-0.2, 0) is 0 Å². The summed E-state index contributed by atoms with van der Waals surface area (Å²) in [5.74, 6) is -1.79. The van der Waals surface area contributed by atoms with Crippen LogP contribution in [0.1, 0.15) is 24.2 Å². The minimum absolute atomic E-state index is 0.139. The number of carbonyl (C=O) groups is 1. The van der Waals surface area contributed by atoms with E-state index in [2.05, 4.69) is 5.32 Å². The Morgan fingerprint density at radius 2 is 2.06 bits per heavy atom. The molecule has 1 atom stereocenters. The number of hydrogen-bond donors (Lipinski definition) is 1. The maximum Gasteiger partial charge on any atom is 0.254 e. The predicted octanol–water partition coefficient (Wildman–Crippen LogP) is 2.96. The molecule has 5 heteroatoms. The molecule has 94 valence electrons. The summed E-state index contributed by atoms with van der Waals surface area (Å²) < 4.78 is 26.0. The second kappa shape index (κ2) is 5.96. The third kappa shape index (κ3) is 3.66. The number of alkyl halides is 1. The van der Waals surface area contributed by atoms with Crippen molar-refractivity contribution in [1.29, 1.82) is 0 Å². The van der Waals surface area contributed by atoms with E-state index in [-0.39, 0.29) is 23.4 Å². The van der Waals surface area contributed by atoms with E-state index in [9.17, 15) is 13.6 Å². The van der Waals surface area contributed by atoms with Gasteiger partial charge in [-0.3, -0.25) is 4.79 Å². The summed E-state index contributed by atoms with van der Waals surface area (Å²) >= 11 is 5.69. The van der Waals surface area contributed by atoms with Crippen LogP contribution in [0.3, 0.4) is 0 Å². The minimum atomic E-state index is -0.875. The Morgan fingerprint density at radius 1 is 1.41 bits per heavy atom. The van der Waals surface area contributed by atoms with Gasteiger partial charge in [0.15, 0.2) is 0 Å². The molecule has 1 aromatic rings. The van der Waals surface area contributed by atoms with E-state index in [1.54, 1.807) is 0 Å². The van der Waals surface area contributed by atoms with E-state index in [0.717, 1.165) is 12.1 Å². The van der Waals surface area contributed by atoms with Gasteiger partial charge in [0.2, 0.25) is 0 Å². The average Bonchev–Trinajstić information content (AvgIpc) is 2.24. The highest BCUT2D eigenvalue weighted by Gasteiger charge is 2.18. The molecular weight excluding hydrogens is 248 g/mol. The molecule has 0 spiro atoms. The molecule has 0 aromatic heterocycles. The molecule has 1 N–H and O–H groups in total. The molecule has 0 radical (unpaired) electrons. The van der Waals surface area contributed by atoms with Crippen molar-refractivity contribution >= 4 is 17.5 Å². The van der Waals surface area contributed by atoms with Crippen molar-refractivity contribution < 1.29 is 13.6 Å². The second-order valence-corrected chi connectivity index (χ2v) is 4.41. The van der Waals surface area contributed by atoms with Crippen LogP contribution in [-0.4, -0.2) is 17.8 Å². The molecule has 1 aromatic carbocycles. The SMILES string of the molecule is CC(C)C(CCl)NC(=O)c1ccc(F)cc1F. The molecule has 0 aliphatic carbocycles. The molecule has 17 heavy (non-hydrogen) atoms. The first-order valence-electron chi connectivity index (χ1n) is 5.27. The van der Waals surface area contributed by atoms with Gasteiger partial charge in [0, 0.05) is 18.0 Å². The molecule has 0 aliphatic rings. The van der Waals surface area contributed by atoms with Crippen LogP contribution in [0.15, 0.2) is 18.2 Å². The van der Waals surface area contributed by atoms with Crippen molar-refractivity contribution in [3.63, 3.8) is 0 Å². The Bertz CT molecular complexity index is 409. The Morgan fingerprint density at radius 3 is 2.53 bits per heavy atom. The lowest BCUT2D eigenvalue weighted by Crippen LogP contribution is -2.40. The number of benzene rings is 1. The zero-order valence-corrected chi connectivity index (χ0v) is 10.4. The van der Waals surface area contributed by atoms with E-state index in [0.29, 0.717) is 6.07 Å². The zero-order valence-electron chi connectivity index (χ0n) is 9.64. The highest BCUT2D eigenvalue weighted by Crippen LogP contribution is 2.11. The first kappa shape index (κ1) is 13.9. The summed E-state index contributed by atoms with van der Waals surface area (Å²) in [6, 6.07) is 2.60. The number of hydrogen-bond acceptors (Lipinski definition) is 1. The van der Waals surface area contributed by atoms with Crippen LogP contribution in [0, 0.1) is 17.6 Å². The summed E-state index contributed by atoms with van der Waals surface area (Å²) in [6.45, 7) is 3.79. The lowest BCUT2D eigenvalue weighted by atomic mass is 10.1. The fraction of sp³-hybridized carbons (Fsp3) is 0.417. The van der Waals surface area contributed by atoms with E-state index in [1.165, 1.54) is 0 Å². The summed E-state index contributed by atoms with van der Waals surface area (Å²) in [5, 5.41) is 2.61. The summed E-state index contributed by atoms with van der Waals surface area (Å²) in [4.78, 5) is 11.7. The molecule has 1 amide bonds. The van der Waals surface area contributed by atoms with Crippen molar-refractivity contribution in [2.24, 2.45) is 5.92 Å². The largest absolute Gasteiger partial charge is 0.348 e. The van der Waals surface area contributed by atoms with Gasteiger partial charge in [-0.15, -0.1) is 11.6 Å². The quantitative estimate of drug-likeness (QED) is 0.830. The summed E-state index contributed by atoms with van der Waals surface area (Å²) in [6.07, 6.45) is 0. The smallest absolute Gasteiger partial charge is 0.254 e. The van der Waals surface area contributed by atoms with Crippen LogP contribution in [0.4, 0.5) is 8.78 Å². The first-order valence-corrected chi connectivity index (χ1v) is 5.81. The first-order chi connectivity index (χ1) is 7.95. The number of amides is 1. The van der Waals surface area contributed by atoms with Crippen LogP contribution < -0.4 is 5.32 Å². The molecule has 0 saturated heterocycles. The lowest BCUT2D eigenvalue weighted by molar-refractivity contribution is 0.0927. The van der Waals surface area contributed by atoms with E-state index in [4.69, 9.17) is 11.6 Å². The highest BCUT2D eigenvalue weighted by molar-refractivity contribution is 6.18. The topological polar surface area (TPSA) is 29.1 Å². The van der Waals surface area contributed by atoms with Crippen molar-refractivity contribution in [3.8, 4) is 0 Å². The van der Waals surface area contributed by atoms with E-state index in [1.807, 2.05) is 13.8 Å². The molecule has 0 bridgehead atoms. The number of rotatable bonds is 4. The second-order valence-electron chi connectivity index (χ2n) is 4.10. The van der Waals surface area contributed by atoms with E-state index < -0.39 is 17.5 Å². The molecule has 0 fully saturated rings. The molecule has 1 unspecified atom stereocenters. The van der Waals surface area contributed by atoms with Gasteiger partial charge < -0.3 is 5.32 Å². The molecule has 0 saturated carbocycles. The van der Waals surface area contributed by atoms with Crippen LogP contribution >= 0.6 is 11.6 Å². The van der Waals surface area contributed by atoms with Crippen molar-refractivity contribution in [2.75, 3.05) is 5.88 Å². The maximum atomic E-state index is 13.3. The molecule has 0 heterocycles. The minimum Gasteiger partial charge on any atom is -0.348 e. The van der Waals surface area contributed by atoms with Crippen molar-refractivity contribution in [3.05, 3.63) is 35.4 Å². The maximum absolute atomic E-state index is 13.3. The standard InChI is InChI=1S/C12H14ClF2NO/c1-7(2)11(6-13)16-12(17)9-4-3-8(14)5-10(9)15/h3-5,7,11H,6H2,1-2H3,(H,16,17). The van der Waals surface area contributed by atoms with Gasteiger partial charge in [-0.1, -0.05) is 13.8 Å². The Hall–Kier alpha value is -1.16. The van der Waals surface area contributed by atoms with Gasteiger partial charge in [-0.2, -0.15) is 0 Å². The Balaban J connectivity index is 2.82. The monoisotopic (exact) mass is 261 g/mol.